The van der Waals surface area contributed by atoms with Crippen LogP contribution in [0.4, 0.5) is 13.2 Å². The van der Waals surface area contributed by atoms with Crippen LogP contribution >= 0.6 is 0 Å². The highest BCUT2D eigenvalue weighted by molar-refractivity contribution is 5.96. The number of ether oxygens (including phenoxy) is 1. The van der Waals surface area contributed by atoms with Gasteiger partial charge in [-0.05, 0) is 30.3 Å². The molecule has 0 radical (unpaired) electrons. The first-order valence-corrected chi connectivity index (χ1v) is 8.52. The number of aromatic amines is 2. The molecule has 0 aliphatic heterocycles. The number of pyridine rings is 1. The van der Waals surface area contributed by atoms with Gasteiger partial charge < -0.3 is 15.2 Å². The van der Waals surface area contributed by atoms with E-state index in [1.807, 2.05) is 4.98 Å². The first kappa shape index (κ1) is 21.0. The largest absolute Gasteiger partial charge is 0.491 e. The highest BCUT2D eigenvalue weighted by Crippen LogP contribution is 2.30. The summed E-state index contributed by atoms with van der Waals surface area (Å²) in [6.45, 7) is -0.498. The molecule has 0 saturated heterocycles. The molecule has 1 atom stereocenters. The normalized spacial score (nSPS) is 12.5. The predicted octanol–water partition coefficient (Wildman–Crippen LogP) is 0.800. The third-order valence-corrected chi connectivity index (χ3v) is 3.98. The number of fused-ring (bicyclic) bond motifs is 1. The van der Waals surface area contributed by atoms with Crippen molar-refractivity contribution in [3.8, 4) is 5.75 Å². The van der Waals surface area contributed by atoms with Crippen LogP contribution in [0.15, 0.2) is 46.1 Å². The number of carbonyl (C=O) groups is 1. The van der Waals surface area contributed by atoms with Crippen LogP contribution in [0.25, 0.3) is 11.0 Å². The van der Waals surface area contributed by atoms with Gasteiger partial charge in [0, 0.05) is 12.7 Å². The Labute approximate surface area is 165 Å². The lowest BCUT2D eigenvalue weighted by atomic mass is 10.2. The minimum Gasteiger partial charge on any atom is -0.491 e. The fourth-order valence-corrected chi connectivity index (χ4v) is 2.47. The van der Waals surface area contributed by atoms with Gasteiger partial charge in [-0.1, -0.05) is 0 Å². The molecule has 0 bridgehead atoms. The number of benzene rings is 1. The standard InChI is InChI=1S/C18H15F3N4O5/c19-18(20,21)10-1-3-12(4-2-10)30-8-11(26)7-23-15(27)9-5-13-14(22-6-9)24-17(29)25-16(13)28/h1-6,11,26H,7-8H2,(H,23,27)(H2,22,24,25,28,29). The molecule has 158 valence electrons. The zero-order valence-corrected chi connectivity index (χ0v) is 15.1. The monoisotopic (exact) mass is 424 g/mol. The number of halogens is 3. The van der Waals surface area contributed by atoms with Crippen molar-refractivity contribution in [2.75, 3.05) is 13.2 Å². The molecule has 2 aromatic heterocycles. The van der Waals surface area contributed by atoms with Gasteiger partial charge >= 0.3 is 11.9 Å². The summed E-state index contributed by atoms with van der Waals surface area (Å²) in [5, 5.41) is 12.3. The van der Waals surface area contributed by atoms with Crippen molar-refractivity contribution in [2.24, 2.45) is 0 Å². The molecule has 0 aliphatic carbocycles. The molecule has 3 rings (SSSR count). The van der Waals surface area contributed by atoms with E-state index in [9.17, 15) is 32.7 Å². The minimum absolute atomic E-state index is 0.00781. The Morgan fingerprint density at radius 3 is 2.57 bits per heavy atom. The molecule has 9 nitrogen and oxygen atoms in total. The summed E-state index contributed by atoms with van der Waals surface area (Å²) >= 11 is 0. The predicted molar refractivity (Wildman–Crippen MR) is 98.3 cm³/mol. The fourth-order valence-electron chi connectivity index (χ4n) is 2.47. The van der Waals surface area contributed by atoms with Crippen molar-refractivity contribution in [3.63, 3.8) is 0 Å². The third-order valence-electron chi connectivity index (χ3n) is 3.98. The van der Waals surface area contributed by atoms with Crippen LogP contribution in [0, 0.1) is 0 Å². The van der Waals surface area contributed by atoms with Gasteiger partial charge in [0.2, 0.25) is 0 Å². The number of hydrogen-bond donors (Lipinski definition) is 4. The lowest BCUT2D eigenvalue weighted by molar-refractivity contribution is -0.137. The first-order chi connectivity index (χ1) is 14.1. The molecule has 0 aliphatic rings. The maximum Gasteiger partial charge on any atom is 0.416 e. The summed E-state index contributed by atoms with van der Waals surface area (Å²) < 4.78 is 42.7. The van der Waals surface area contributed by atoms with Crippen LogP contribution in [0.3, 0.4) is 0 Å². The highest BCUT2D eigenvalue weighted by atomic mass is 19.4. The Morgan fingerprint density at radius 1 is 1.20 bits per heavy atom. The summed E-state index contributed by atoms with van der Waals surface area (Å²) in [6, 6.07) is 5.18. The van der Waals surface area contributed by atoms with Crippen LogP contribution in [-0.4, -0.2) is 45.2 Å². The van der Waals surface area contributed by atoms with E-state index in [-0.39, 0.29) is 35.5 Å². The third kappa shape index (κ3) is 5.03. The smallest absolute Gasteiger partial charge is 0.416 e. The number of aliphatic hydroxyl groups is 1. The minimum atomic E-state index is -4.46. The second kappa shape index (κ2) is 8.37. The number of nitrogens with zero attached hydrogens (tertiary/aromatic N) is 1. The molecule has 3 aromatic rings. The summed E-state index contributed by atoms with van der Waals surface area (Å²) in [6.07, 6.45) is -4.46. The van der Waals surface area contributed by atoms with E-state index in [1.54, 1.807) is 0 Å². The second-order valence-electron chi connectivity index (χ2n) is 6.23. The molecule has 1 amide bonds. The Hall–Kier alpha value is -3.67. The summed E-state index contributed by atoms with van der Waals surface area (Å²) in [4.78, 5) is 43.3. The highest BCUT2D eigenvalue weighted by Gasteiger charge is 2.30. The summed E-state index contributed by atoms with van der Waals surface area (Å²) in [7, 11) is 0. The van der Waals surface area contributed by atoms with E-state index in [2.05, 4.69) is 15.3 Å². The van der Waals surface area contributed by atoms with Gasteiger partial charge in [0.05, 0.1) is 16.5 Å². The molecular formula is C18H15F3N4O5. The zero-order chi connectivity index (χ0) is 21.9. The zero-order valence-electron chi connectivity index (χ0n) is 15.1. The van der Waals surface area contributed by atoms with E-state index >= 15 is 0 Å². The van der Waals surface area contributed by atoms with Gasteiger partial charge in [0.25, 0.3) is 11.5 Å². The van der Waals surface area contributed by atoms with Gasteiger partial charge in [0.15, 0.2) is 0 Å². The van der Waals surface area contributed by atoms with E-state index in [1.165, 1.54) is 6.07 Å². The lowest BCUT2D eigenvalue weighted by Crippen LogP contribution is -2.35. The van der Waals surface area contributed by atoms with Crippen molar-refractivity contribution in [1.82, 2.24) is 20.3 Å². The van der Waals surface area contributed by atoms with Crippen molar-refractivity contribution in [3.05, 3.63) is 68.5 Å². The quantitative estimate of drug-likeness (QED) is 0.462. The van der Waals surface area contributed by atoms with Crippen LogP contribution < -0.4 is 21.3 Å². The van der Waals surface area contributed by atoms with Crippen LogP contribution in [0.5, 0.6) is 5.75 Å². The molecule has 4 N–H and O–H groups in total. The number of hydrogen-bond acceptors (Lipinski definition) is 6. The summed E-state index contributed by atoms with van der Waals surface area (Å²) in [5.41, 5.74) is -2.22. The molecule has 0 spiro atoms. The number of nitrogens with one attached hydrogen (secondary N) is 3. The van der Waals surface area contributed by atoms with E-state index in [0.29, 0.717) is 0 Å². The Bertz CT molecular complexity index is 1170. The fraction of sp³-hybridized carbons (Fsp3) is 0.222. The maximum absolute atomic E-state index is 12.5. The van der Waals surface area contributed by atoms with Crippen molar-refractivity contribution < 1.29 is 27.8 Å². The number of carbonyl (C=O) groups excluding carboxylic acids is 1. The van der Waals surface area contributed by atoms with Gasteiger partial charge in [-0.15, -0.1) is 0 Å². The van der Waals surface area contributed by atoms with Gasteiger partial charge in [-0.2, -0.15) is 13.2 Å². The van der Waals surface area contributed by atoms with E-state index < -0.39 is 35.0 Å². The Morgan fingerprint density at radius 2 is 1.90 bits per heavy atom. The van der Waals surface area contributed by atoms with Crippen LogP contribution in [-0.2, 0) is 6.18 Å². The van der Waals surface area contributed by atoms with E-state index in [0.717, 1.165) is 30.5 Å². The number of alkyl halides is 3. The van der Waals surface area contributed by atoms with Gasteiger partial charge in [-0.3, -0.25) is 19.6 Å². The average molecular weight is 424 g/mol. The van der Waals surface area contributed by atoms with Crippen LogP contribution in [0.1, 0.15) is 15.9 Å². The molecule has 30 heavy (non-hydrogen) atoms. The van der Waals surface area contributed by atoms with Crippen molar-refractivity contribution in [1.29, 1.82) is 0 Å². The molecule has 12 heteroatoms. The Kier molecular flexibility index (Phi) is 5.87. The molecule has 1 aromatic carbocycles. The number of amides is 1. The molecule has 1 unspecified atom stereocenters. The number of aromatic nitrogens is 3. The molecule has 0 saturated carbocycles. The van der Waals surface area contributed by atoms with E-state index in [4.69, 9.17) is 4.74 Å². The van der Waals surface area contributed by atoms with Gasteiger partial charge in [-0.25, -0.2) is 9.78 Å². The molecule has 2 heterocycles. The lowest BCUT2D eigenvalue weighted by Gasteiger charge is -2.14. The van der Waals surface area contributed by atoms with Crippen LogP contribution in [0.2, 0.25) is 0 Å². The average Bonchev–Trinajstić information content (AvgIpc) is 2.69. The molecular weight excluding hydrogens is 409 g/mol. The first-order valence-electron chi connectivity index (χ1n) is 8.52. The topological polar surface area (TPSA) is 137 Å². The van der Waals surface area contributed by atoms with Crippen molar-refractivity contribution >= 4 is 16.9 Å². The Balaban J connectivity index is 1.55. The van der Waals surface area contributed by atoms with Crippen molar-refractivity contribution in [2.45, 2.75) is 12.3 Å². The number of H-pyrrole nitrogens is 2. The number of aliphatic hydroxyl groups excluding tert-OH is 1. The molecule has 0 fully saturated rings. The summed E-state index contributed by atoms with van der Waals surface area (Å²) in [5.74, 6) is -0.510. The van der Waals surface area contributed by atoms with Gasteiger partial charge in [0.1, 0.15) is 24.1 Å². The SMILES string of the molecule is O=C(NCC(O)COc1ccc(C(F)(F)F)cc1)c1cnc2[nH]c(=O)[nH]c(=O)c2c1. The second-order valence-corrected chi connectivity index (χ2v) is 6.23. The number of rotatable bonds is 6. The maximum atomic E-state index is 12.5.